The summed E-state index contributed by atoms with van der Waals surface area (Å²) >= 11 is 1.95. The number of ether oxygens (including phenoxy) is 1. The first-order valence-corrected chi connectivity index (χ1v) is 9.09. The van der Waals surface area contributed by atoms with Gasteiger partial charge in [0.15, 0.2) is 0 Å². The summed E-state index contributed by atoms with van der Waals surface area (Å²) in [5.74, 6) is -2.23. The number of rotatable bonds is 8. The van der Waals surface area contributed by atoms with Gasteiger partial charge in [-0.25, -0.2) is 8.78 Å². The van der Waals surface area contributed by atoms with Crippen molar-refractivity contribution in [2.45, 2.75) is 19.4 Å². The second-order valence-electron chi connectivity index (χ2n) is 5.82. The molecule has 0 aliphatic heterocycles. The Morgan fingerprint density at radius 2 is 2.00 bits per heavy atom. The SMILES string of the molecule is Cc1c(F)cc(Nc2ccc(I)cc2F)c(C(N)=O)c1OCC[C@@H](O)CO. The molecule has 2 aromatic carbocycles. The number of hydrogen-bond acceptors (Lipinski definition) is 5. The predicted octanol–water partition coefficient (Wildman–Crippen LogP) is 2.84. The van der Waals surface area contributed by atoms with E-state index in [1.54, 1.807) is 6.07 Å². The van der Waals surface area contributed by atoms with E-state index in [4.69, 9.17) is 15.6 Å². The molecule has 0 aromatic heterocycles. The minimum atomic E-state index is -1.01. The molecular weight excluding hydrogens is 473 g/mol. The summed E-state index contributed by atoms with van der Waals surface area (Å²) in [4.78, 5) is 12.0. The molecular formula is C18H19F2IN2O4. The lowest BCUT2D eigenvalue weighted by Crippen LogP contribution is -2.20. The largest absolute Gasteiger partial charge is 0.492 e. The molecule has 27 heavy (non-hydrogen) atoms. The maximum atomic E-state index is 14.3. The standard InChI is InChI=1S/C18H19F2IN2O4/c1-9-12(19)7-15(23-14-3-2-10(21)6-13(14)20)16(18(22)26)17(9)27-5-4-11(25)8-24/h2-3,6-7,11,23-25H,4-5,8H2,1H3,(H2,22,26)/t11-/m1/s1. The molecule has 0 spiro atoms. The van der Waals surface area contributed by atoms with Crippen LogP contribution in [0.3, 0.4) is 0 Å². The predicted molar refractivity (Wildman–Crippen MR) is 105 cm³/mol. The van der Waals surface area contributed by atoms with Crippen molar-refractivity contribution < 1.29 is 28.5 Å². The second kappa shape index (κ2) is 9.29. The van der Waals surface area contributed by atoms with E-state index in [1.165, 1.54) is 19.1 Å². The first-order valence-electron chi connectivity index (χ1n) is 8.01. The van der Waals surface area contributed by atoms with Crippen LogP contribution in [0.1, 0.15) is 22.3 Å². The highest BCUT2D eigenvalue weighted by atomic mass is 127. The van der Waals surface area contributed by atoms with Crippen LogP contribution in [-0.4, -0.2) is 35.4 Å². The molecule has 0 saturated carbocycles. The van der Waals surface area contributed by atoms with Crippen LogP contribution in [0.25, 0.3) is 0 Å². The van der Waals surface area contributed by atoms with Gasteiger partial charge >= 0.3 is 0 Å². The van der Waals surface area contributed by atoms with Gasteiger partial charge in [0.1, 0.15) is 22.9 Å². The fourth-order valence-corrected chi connectivity index (χ4v) is 2.83. The minimum Gasteiger partial charge on any atom is -0.492 e. The van der Waals surface area contributed by atoms with Crippen molar-refractivity contribution in [1.82, 2.24) is 0 Å². The second-order valence-corrected chi connectivity index (χ2v) is 7.07. The number of hydrogen-bond donors (Lipinski definition) is 4. The lowest BCUT2D eigenvalue weighted by Gasteiger charge is -2.19. The number of primary amides is 1. The highest BCUT2D eigenvalue weighted by molar-refractivity contribution is 14.1. The van der Waals surface area contributed by atoms with Crippen LogP contribution in [-0.2, 0) is 0 Å². The number of carbonyl (C=O) groups is 1. The molecule has 2 rings (SSSR count). The van der Waals surface area contributed by atoms with Gasteiger partial charge < -0.3 is 26.0 Å². The third-order valence-corrected chi connectivity index (χ3v) is 4.49. The number of halogens is 3. The average Bonchev–Trinajstić information content (AvgIpc) is 2.60. The van der Waals surface area contributed by atoms with Crippen LogP contribution in [0, 0.1) is 22.1 Å². The molecule has 146 valence electrons. The molecule has 0 aliphatic carbocycles. The smallest absolute Gasteiger partial charge is 0.254 e. The van der Waals surface area contributed by atoms with Gasteiger partial charge in [0.05, 0.1) is 30.7 Å². The molecule has 0 bridgehead atoms. The molecule has 0 unspecified atom stereocenters. The molecule has 5 N–H and O–H groups in total. The Hall–Kier alpha value is -1.98. The summed E-state index contributed by atoms with van der Waals surface area (Å²) in [6.45, 7) is 0.880. The maximum Gasteiger partial charge on any atom is 0.254 e. The van der Waals surface area contributed by atoms with Crippen LogP contribution in [0.4, 0.5) is 20.2 Å². The van der Waals surface area contributed by atoms with Crippen molar-refractivity contribution in [3.05, 3.63) is 50.6 Å². The molecule has 2 aromatic rings. The Morgan fingerprint density at radius 1 is 1.30 bits per heavy atom. The van der Waals surface area contributed by atoms with Gasteiger partial charge in [-0.15, -0.1) is 0 Å². The first kappa shape index (κ1) is 21.3. The number of nitrogens with one attached hydrogen (secondary N) is 1. The van der Waals surface area contributed by atoms with Gasteiger partial charge in [0.2, 0.25) is 0 Å². The fraction of sp³-hybridized carbons (Fsp3) is 0.278. The van der Waals surface area contributed by atoms with Crippen LogP contribution < -0.4 is 15.8 Å². The average molecular weight is 492 g/mol. The zero-order valence-corrected chi connectivity index (χ0v) is 16.6. The Kier molecular flexibility index (Phi) is 7.33. The first-order chi connectivity index (χ1) is 12.7. The van der Waals surface area contributed by atoms with Crippen LogP contribution in [0.15, 0.2) is 24.3 Å². The van der Waals surface area contributed by atoms with Crippen molar-refractivity contribution in [3.8, 4) is 5.75 Å². The summed E-state index contributed by atoms with van der Waals surface area (Å²) in [6.07, 6.45) is -0.937. The van der Waals surface area contributed by atoms with Crippen LogP contribution in [0.2, 0.25) is 0 Å². The van der Waals surface area contributed by atoms with E-state index in [0.717, 1.165) is 6.07 Å². The minimum absolute atomic E-state index is 0.0385. The van der Waals surface area contributed by atoms with E-state index >= 15 is 0 Å². The monoisotopic (exact) mass is 492 g/mol. The van der Waals surface area contributed by atoms with Gasteiger partial charge in [0, 0.05) is 15.6 Å². The topological polar surface area (TPSA) is 105 Å². The molecule has 0 fully saturated rings. The Balaban J connectivity index is 2.43. The third kappa shape index (κ3) is 5.27. The number of benzene rings is 2. The molecule has 9 heteroatoms. The highest BCUT2D eigenvalue weighted by Crippen LogP contribution is 2.35. The molecule has 1 amide bonds. The van der Waals surface area contributed by atoms with Gasteiger partial charge in [-0.3, -0.25) is 4.79 Å². The molecule has 6 nitrogen and oxygen atoms in total. The van der Waals surface area contributed by atoms with Gasteiger partial charge in [0.25, 0.3) is 5.91 Å². The molecule has 0 heterocycles. The number of nitrogens with two attached hydrogens (primary N) is 1. The molecule has 0 aliphatic rings. The van der Waals surface area contributed by atoms with Crippen LogP contribution in [0.5, 0.6) is 5.75 Å². The quantitative estimate of drug-likeness (QED) is 0.425. The van der Waals surface area contributed by atoms with Crippen molar-refractivity contribution in [1.29, 1.82) is 0 Å². The normalized spacial score (nSPS) is 11.9. The fourth-order valence-electron chi connectivity index (χ4n) is 2.37. The van der Waals surface area contributed by atoms with Gasteiger partial charge in [-0.1, -0.05) is 0 Å². The van der Waals surface area contributed by atoms with E-state index < -0.39 is 30.3 Å². The van der Waals surface area contributed by atoms with E-state index in [2.05, 4.69) is 5.32 Å². The van der Waals surface area contributed by atoms with Crippen molar-refractivity contribution in [2.24, 2.45) is 5.73 Å². The molecule has 1 atom stereocenters. The van der Waals surface area contributed by atoms with E-state index in [-0.39, 0.29) is 41.3 Å². The molecule has 0 radical (unpaired) electrons. The summed E-state index contributed by atoms with van der Waals surface area (Å²) in [5.41, 5.74) is 5.37. The Morgan fingerprint density at radius 3 is 2.59 bits per heavy atom. The summed E-state index contributed by atoms with van der Waals surface area (Å²) in [5, 5.41) is 20.9. The summed E-state index contributed by atoms with van der Waals surface area (Å²) in [6, 6.07) is 5.43. The lowest BCUT2D eigenvalue weighted by atomic mass is 10.1. The number of aliphatic hydroxyl groups excluding tert-OH is 2. The maximum absolute atomic E-state index is 14.3. The summed E-state index contributed by atoms with van der Waals surface area (Å²) in [7, 11) is 0. The van der Waals surface area contributed by atoms with Crippen molar-refractivity contribution in [2.75, 3.05) is 18.5 Å². The third-order valence-electron chi connectivity index (χ3n) is 3.82. The number of anilines is 2. The van der Waals surface area contributed by atoms with Gasteiger partial charge in [-0.05, 0) is 53.8 Å². The summed E-state index contributed by atoms with van der Waals surface area (Å²) < 4.78 is 34.6. The zero-order chi connectivity index (χ0) is 20.1. The van der Waals surface area contributed by atoms with E-state index in [9.17, 15) is 18.7 Å². The zero-order valence-electron chi connectivity index (χ0n) is 14.4. The number of aliphatic hydroxyl groups is 2. The van der Waals surface area contributed by atoms with Crippen LogP contribution >= 0.6 is 22.6 Å². The van der Waals surface area contributed by atoms with Crippen molar-refractivity contribution >= 4 is 39.9 Å². The van der Waals surface area contributed by atoms with E-state index in [0.29, 0.717) is 3.57 Å². The Labute approximate surface area is 168 Å². The highest BCUT2D eigenvalue weighted by Gasteiger charge is 2.22. The van der Waals surface area contributed by atoms with Gasteiger partial charge in [-0.2, -0.15) is 0 Å². The number of carbonyl (C=O) groups excluding carboxylic acids is 1. The Bertz CT molecular complexity index is 849. The number of amides is 1. The van der Waals surface area contributed by atoms with Crippen molar-refractivity contribution in [3.63, 3.8) is 0 Å². The molecule has 0 saturated heterocycles. The van der Waals surface area contributed by atoms with E-state index in [1.807, 2.05) is 22.6 Å². The lowest BCUT2D eigenvalue weighted by molar-refractivity contribution is 0.0750.